The lowest BCUT2D eigenvalue weighted by atomic mass is 9.75. The summed E-state index contributed by atoms with van der Waals surface area (Å²) in [6, 6.07) is 2.67. The highest BCUT2D eigenvalue weighted by atomic mass is 15.2. The van der Waals surface area contributed by atoms with Gasteiger partial charge in [0.1, 0.15) is 18.0 Å². The molecule has 4 heteroatoms. The predicted molar refractivity (Wildman–Crippen MR) is 85.3 cm³/mol. The van der Waals surface area contributed by atoms with Crippen LogP contribution < -0.4 is 10.2 Å². The number of nitrogens with one attached hydrogen (secondary N) is 1. The van der Waals surface area contributed by atoms with Crippen LogP contribution in [0.4, 0.5) is 11.6 Å². The molecule has 1 fully saturated rings. The normalized spacial score (nSPS) is 18.8. The van der Waals surface area contributed by atoms with Crippen molar-refractivity contribution < 1.29 is 0 Å². The van der Waals surface area contributed by atoms with E-state index in [0.717, 1.165) is 24.6 Å². The predicted octanol–water partition coefficient (Wildman–Crippen LogP) is 3.70. The third-order valence-electron chi connectivity index (χ3n) is 4.43. The van der Waals surface area contributed by atoms with Crippen LogP contribution in [0.3, 0.4) is 0 Å². The summed E-state index contributed by atoms with van der Waals surface area (Å²) in [4.78, 5) is 11.0. The molecule has 0 amide bonds. The molecule has 1 aromatic heterocycles. The lowest BCUT2D eigenvalue weighted by Crippen LogP contribution is -2.37. The molecule has 2 rings (SSSR count). The molecule has 0 unspecified atom stereocenters. The summed E-state index contributed by atoms with van der Waals surface area (Å²) in [5.41, 5.74) is 0.511. The molecule has 1 N–H and O–H groups in total. The molecule has 0 radical (unpaired) electrons. The van der Waals surface area contributed by atoms with Gasteiger partial charge in [0, 0.05) is 25.7 Å². The van der Waals surface area contributed by atoms with Gasteiger partial charge in [-0.3, -0.25) is 0 Å². The molecule has 1 aliphatic carbocycles. The van der Waals surface area contributed by atoms with Crippen LogP contribution in [0.5, 0.6) is 0 Å². The number of anilines is 2. The van der Waals surface area contributed by atoms with Crippen molar-refractivity contribution in [3.05, 3.63) is 12.4 Å². The van der Waals surface area contributed by atoms with Gasteiger partial charge in [-0.25, -0.2) is 9.97 Å². The van der Waals surface area contributed by atoms with E-state index in [9.17, 15) is 0 Å². The van der Waals surface area contributed by atoms with Gasteiger partial charge in [-0.2, -0.15) is 0 Å². The Morgan fingerprint density at radius 1 is 1.30 bits per heavy atom. The van der Waals surface area contributed by atoms with E-state index in [1.165, 1.54) is 25.7 Å². The van der Waals surface area contributed by atoms with Gasteiger partial charge in [0.05, 0.1) is 0 Å². The van der Waals surface area contributed by atoms with Crippen LogP contribution in [0, 0.1) is 5.41 Å². The summed E-state index contributed by atoms with van der Waals surface area (Å²) < 4.78 is 0. The molecule has 0 bridgehead atoms. The summed E-state index contributed by atoms with van der Waals surface area (Å²) in [6.45, 7) is 7.87. The van der Waals surface area contributed by atoms with E-state index < -0.39 is 0 Å². The molecular formula is C16H28N4. The number of hydrogen-bond donors (Lipinski definition) is 1. The van der Waals surface area contributed by atoms with Crippen molar-refractivity contribution in [2.75, 3.05) is 23.8 Å². The molecule has 0 aromatic carbocycles. The van der Waals surface area contributed by atoms with E-state index in [1.54, 1.807) is 6.33 Å². The Bertz CT molecular complexity index is 420. The van der Waals surface area contributed by atoms with Gasteiger partial charge in [0.15, 0.2) is 0 Å². The van der Waals surface area contributed by atoms with Gasteiger partial charge in [0.25, 0.3) is 0 Å². The minimum atomic E-state index is 0.511. The fourth-order valence-corrected chi connectivity index (χ4v) is 2.85. The summed E-state index contributed by atoms with van der Waals surface area (Å²) in [6.07, 6.45) is 7.88. The lowest BCUT2D eigenvalue weighted by molar-refractivity contribution is 0.222. The number of rotatable bonds is 5. The van der Waals surface area contributed by atoms with Crippen LogP contribution in [0.15, 0.2) is 12.4 Å². The number of aromatic nitrogens is 2. The van der Waals surface area contributed by atoms with Crippen LogP contribution in [0.1, 0.15) is 52.9 Å². The summed E-state index contributed by atoms with van der Waals surface area (Å²) in [5.74, 6) is 1.96. The van der Waals surface area contributed by atoms with Crippen molar-refractivity contribution in [2.24, 2.45) is 5.41 Å². The fourth-order valence-electron chi connectivity index (χ4n) is 2.85. The molecule has 1 aliphatic rings. The van der Waals surface area contributed by atoms with Crippen molar-refractivity contribution in [1.29, 1.82) is 0 Å². The van der Waals surface area contributed by atoms with E-state index in [4.69, 9.17) is 0 Å². The van der Waals surface area contributed by atoms with Gasteiger partial charge in [-0.15, -0.1) is 0 Å². The first-order valence-electron chi connectivity index (χ1n) is 7.80. The highest BCUT2D eigenvalue weighted by Gasteiger charge is 2.29. The van der Waals surface area contributed by atoms with Crippen LogP contribution in [-0.2, 0) is 0 Å². The molecule has 0 aliphatic heterocycles. The van der Waals surface area contributed by atoms with E-state index in [1.807, 2.05) is 0 Å². The Balaban J connectivity index is 2.00. The summed E-state index contributed by atoms with van der Waals surface area (Å²) in [7, 11) is 2.16. The second kappa shape index (κ2) is 6.42. The average Bonchev–Trinajstić information content (AvgIpc) is 2.45. The first-order chi connectivity index (χ1) is 9.52. The van der Waals surface area contributed by atoms with Crippen LogP contribution in [0.25, 0.3) is 0 Å². The molecular weight excluding hydrogens is 248 g/mol. The molecule has 0 spiro atoms. The monoisotopic (exact) mass is 276 g/mol. The number of nitrogens with zero attached hydrogens (tertiary/aromatic N) is 3. The topological polar surface area (TPSA) is 41.0 Å². The second-order valence-corrected chi connectivity index (χ2v) is 6.69. The molecule has 112 valence electrons. The molecule has 0 atom stereocenters. The van der Waals surface area contributed by atoms with Crippen molar-refractivity contribution in [3.63, 3.8) is 0 Å². The van der Waals surface area contributed by atoms with Crippen LogP contribution in [-0.4, -0.2) is 29.6 Å². The average molecular weight is 276 g/mol. The van der Waals surface area contributed by atoms with Crippen LogP contribution >= 0.6 is 0 Å². The fraction of sp³-hybridized carbons (Fsp3) is 0.750. The Kier molecular flexibility index (Phi) is 4.84. The highest BCUT2D eigenvalue weighted by molar-refractivity contribution is 5.48. The van der Waals surface area contributed by atoms with Crippen LogP contribution in [0.2, 0.25) is 0 Å². The first kappa shape index (κ1) is 15.1. The quantitative estimate of drug-likeness (QED) is 0.890. The summed E-state index contributed by atoms with van der Waals surface area (Å²) in [5, 5.41) is 3.33. The Hall–Kier alpha value is -1.32. The second-order valence-electron chi connectivity index (χ2n) is 6.69. The molecule has 1 heterocycles. The van der Waals surface area contributed by atoms with E-state index in [-0.39, 0.29) is 0 Å². The van der Waals surface area contributed by atoms with E-state index >= 15 is 0 Å². The SMILES string of the molecule is CCCNc1cc(N(C)C2CCC(C)(C)CC2)ncn1. The first-order valence-corrected chi connectivity index (χ1v) is 7.80. The Labute approximate surface area is 123 Å². The maximum absolute atomic E-state index is 4.43. The minimum Gasteiger partial charge on any atom is -0.370 e. The van der Waals surface area contributed by atoms with Crippen molar-refractivity contribution in [1.82, 2.24) is 9.97 Å². The Morgan fingerprint density at radius 3 is 2.65 bits per heavy atom. The van der Waals surface area contributed by atoms with E-state index in [0.29, 0.717) is 11.5 Å². The van der Waals surface area contributed by atoms with Crippen molar-refractivity contribution >= 4 is 11.6 Å². The van der Waals surface area contributed by atoms with Gasteiger partial charge in [-0.05, 0) is 37.5 Å². The standard InChI is InChI=1S/C16H28N4/c1-5-10-17-14-11-15(19-12-18-14)20(4)13-6-8-16(2,3)9-7-13/h11-13H,5-10H2,1-4H3,(H,17,18,19). The third-order valence-corrected chi connectivity index (χ3v) is 4.43. The lowest BCUT2D eigenvalue weighted by Gasteiger charge is -2.39. The van der Waals surface area contributed by atoms with Crippen molar-refractivity contribution in [3.8, 4) is 0 Å². The maximum atomic E-state index is 4.43. The zero-order valence-electron chi connectivity index (χ0n) is 13.3. The Morgan fingerprint density at radius 2 is 2.00 bits per heavy atom. The minimum absolute atomic E-state index is 0.511. The van der Waals surface area contributed by atoms with Gasteiger partial charge in [0.2, 0.25) is 0 Å². The molecule has 0 saturated heterocycles. The number of hydrogen-bond acceptors (Lipinski definition) is 4. The molecule has 1 saturated carbocycles. The molecule has 4 nitrogen and oxygen atoms in total. The van der Waals surface area contributed by atoms with Gasteiger partial charge >= 0.3 is 0 Å². The smallest absolute Gasteiger partial charge is 0.134 e. The van der Waals surface area contributed by atoms with Gasteiger partial charge in [-0.1, -0.05) is 20.8 Å². The van der Waals surface area contributed by atoms with Crippen molar-refractivity contribution in [2.45, 2.75) is 58.9 Å². The third kappa shape index (κ3) is 3.84. The molecule has 1 aromatic rings. The largest absolute Gasteiger partial charge is 0.370 e. The highest BCUT2D eigenvalue weighted by Crippen LogP contribution is 2.37. The summed E-state index contributed by atoms with van der Waals surface area (Å²) >= 11 is 0. The maximum Gasteiger partial charge on any atom is 0.134 e. The zero-order chi connectivity index (χ0) is 14.6. The van der Waals surface area contributed by atoms with Gasteiger partial charge < -0.3 is 10.2 Å². The van der Waals surface area contributed by atoms with E-state index in [2.05, 4.69) is 54.1 Å². The molecule has 20 heavy (non-hydrogen) atoms. The zero-order valence-corrected chi connectivity index (χ0v) is 13.3.